The number of nitrogens with zero attached hydrogens (tertiary/aromatic N) is 2. The van der Waals surface area contributed by atoms with Crippen molar-refractivity contribution in [3.63, 3.8) is 0 Å². The van der Waals surface area contributed by atoms with Crippen molar-refractivity contribution in [3.8, 4) is 11.3 Å². The fourth-order valence-corrected chi connectivity index (χ4v) is 4.49. The van der Waals surface area contributed by atoms with Gasteiger partial charge < -0.3 is 0 Å². The number of rotatable bonds is 2. The van der Waals surface area contributed by atoms with E-state index in [2.05, 4.69) is 85.9 Å². The Morgan fingerprint density at radius 2 is 1.64 bits per heavy atom. The summed E-state index contributed by atoms with van der Waals surface area (Å²) in [6, 6.07) is 19.6. The van der Waals surface area contributed by atoms with Crippen molar-refractivity contribution in [2.24, 2.45) is 0 Å². The van der Waals surface area contributed by atoms with Crippen molar-refractivity contribution in [1.29, 1.82) is 0 Å². The van der Waals surface area contributed by atoms with Gasteiger partial charge in [0.2, 0.25) is 0 Å². The highest BCUT2D eigenvalue weighted by molar-refractivity contribution is 9.10. The molecule has 0 saturated heterocycles. The van der Waals surface area contributed by atoms with Gasteiger partial charge in [-0.2, -0.15) is 0 Å². The molecule has 0 atom stereocenters. The Morgan fingerprint density at radius 1 is 0.840 bits per heavy atom. The maximum absolute atomic E-state index is 3.55. The van der Waals surface area contributed by atoms with Gasteiger partial charge in [0, 0.05) is 21.2 Å². The number of halogens is 1. The Hall–Kier alpha value is -2.13. The number of imidazole rings is 1. The van der Waals surface area contributed by atoms with E-state index in [-0.39, 0.29) is 0 Å². The minimum atomic E-state index is 0.991. The van der Waals surface area contributed by atoms with Crippen LogP contribution < -0.4 is 4.57 Å². The fourth-order valence-electron chi connectivity index (χ4n) is 4.22. The second kappa shape index (κ2) is 5.99. The highest BCUT2D eigenvalue weighted by atomic mass is 79.9. The first-order chi connectivity index (χ1) is 12.3. The molecule has 0 unspecified atom stereocenters. The lowest BCUT2D eigenvalue weighted by molar-refractivity contribution is -0.681. The monoisotopic (exact) mass is 391 g/mol. The van der Waals surface area contributed by atoms with Crippen LogP contribution in [-0.2, 0) is 13.1 Å². The van der Waals surface area contributed by atoms with Crippen LogP contribution in [0, 0.1) is 0 Å². The quantitative estimate of drug-likeness (QED) is 0.523. The lowest BCUT2D eigenvalue weighted by Gasteiger charge is -2.05. The molecule has 2 nitrogen and oxygen atoms in total. The SMILES string of the molecule is Brc1ccc(-c2c[n+]3c4n2CCCCC4=C(c2ccccc2)C3)cc1. The number of aromatic nitrogens is 2. The summed E-state index contributed by atoms with van der Waals surface area (Å²) in [5.74, 6) is 1.43. The zero-order chi connectivity index (χ0) is 16.8. The molecule has 124 valence electrons. The lowest BCUT2D eigenvalue weighted by atomic mass is 9.98. The standard InChI is InChI=1S/C22H20BrN2/c23-18-11-9-17(10-12-18)21-15-24-14-20(16-6-2-1-3-7-16)19-8-4-5-13-25(21)22(19)24/h1-3,6-7,9-12,15H,4-5,8,13-14H2/q+1. The van der Waals surface area contributed by atoms with Crippen LogP contribution in [0.5, 0.6) is 0 Å². The minimum absolute atomic E-state index is 0.991. The van der Waals surface area contributed by atoms with E-state index >= 15 is 0 Å². The lowest BCUT2D eigenvalue weighted by Crippen LogP contribution is -2.32. The molecule has 0 saturated carbocycles. The molecule has 5 rings (SSSR count). The fraction of sp³-hybridized carbons (Fsp3) is 0.227. The summed E-state index contributed by atoms with van der Waals surface area (Å²) in [5.41, 5.74) is 7.07. The topological polar surface area (TPSA) is 8.81 Å². The van der Waals surface area contributed by atoms with Crippen molar-refractivity contribution < 1.29 is 4.57 Å². The van der Waals surface area contributed by atoms with E-state index in [0.717, 1.165) is 17.6 Å². The average Bonchev–Trinajstić information content (AvgIpc) is 3.08. The van der Waals surface area contributed by atoms with Gasteiger partial charge in [-0.25, -0.2) is 9.13 Å². The van der Waals surface area contributed by atoms with Gasteiger partial charge in [0.05, 0.1) is 6.54 Å². The molecule has 0 aliphatic carbocycles. The van der Waals surface area contributed by atoms with Gasteiger partial charge >= 0.3 is 0 Å². The van der Waals surface area contributed by atoms with Crippen molar-refractivity contribution in [1.82, 2.24) is 4.57 Å². The van der Waals surface area contributed by atoms with Crippen LogP contribution in [0.2, 0.25) is 0 Å². The molecule has 2 aliphatic heterocycles. The van der Waals surface area contributed by atoms with E-state index in [4.69, 9.17) is 0 Å². The molecule has 0 bridgehead atoms. The summed E-state index contributed by atoms with van der Waals surface area (Å²) in [6.45, 7) is 2.10. The van der Waals surface area contributed by atoms with E-state index in [1.807, 2.05) is 0 Å². The van der Waals surface area contributed by atoms with Gasteiger partial charge in [0.15, 0.2) is 5.69 Å². The highest BCUT2D eigenvalue weighted by Crippen LogP contribution is 2.38. The number of hydrogen-bond acceptors (Lipinski definition) is 0. The van der Waals surface area contributed by atoms with Crippen LogP contribution in [0.4, 0.5) is 0 Å². The van der Waals surface area contributed by atoms with E-state index in [1.165, 1.54) is 47.5 Å². The second-order valence-corrected chi connectivity index (χ2v) is 7.82. The Morgan fingerprint density at radius 3 is 2.44 bits per heavy atom. The predicted molar refractivity (Wildman–Crippen MR) is 105 cm³/mol. The third kappa shape index (κ3) is 2.49. The first-order valence-corrected chi connectivity index (χ1v) is 9.77. The van der Waals surface area contributed by atoms with Gasteiger partial charge in [0.25, 0.3) is 5.82 Å². The Kier molecular flexibility index (Phi) is 3.63. The summed E-state index contributed by atoms with van der Waals surface area (Å²) in [6.07, 6.45) is 6.05. The third-order valence-electron chi connectivity index (χ3n) is 5.38. The van der Waals surface area contributed by atoms with Crippen LogP contribution in [0.25, 0.3) is 22.4 Å². The Labute approximate surface area is 156 Å². The van der Waals surface area contributed by atoms with E-state index < -0.39 is 0 Å². The number of hydrogen-bond donors (Lipinski definition) is 0. The van der Waals surface area contributed by atoms with Crippen LogP contribution in [0.15, 0.2) is 65.3 Å². The summed E-state index contributed by atoms with van der Waals surface area (Å²) in [4.78, 5) is 0. The summed E-state index contributed by atoms with van der Waals surface area (Å²) in [5, 5.41) is 0. The van der Waals surface area contributed by atoms with Crippen molar-refractivity contribution in [2.75, 3.05) is 0 Å². The van der Waals surface area contributed by atoms with Crippen molar-refractivity contribution >= 4 is 27.1 Å². The van der Waals surface area contributed by atoms with Gasteiger partial charge in [-0.3, -0.25) is 0 Å². The number of allylic oxidation sites excluding steroid dienone is 2. The molecule has 0 radical (unpaired) electrons. The van der Waals surface area contributed by atoms with Gasteiger partial charge in [-0.1, -0.05) is 46.3 Å². The molecule has 0 fully saturated rings. The summed E-state index contributed by atoms with van der Waals surface area (Å²) in [7, 11) is 0. The molecule has 0 amide bonds. The molecule has 0 N–H and O–H groups in total. The molecular formula is C22H20BrN2+. The molecule has 1 aromatic heterocycles. The molecular weight excluding hydrogens is 372 g/mol. The Bertz CT molecular complexity index is 965. The second-order valence-electron chi connectivity index (χ2n) is 6.90. The van der Waals surface area contributed by atoms with Gasteiger partial charge in [-0.15, -0.1) is 0 Å². The maximum Gasteiger partial charge on any atom is 0.285 e. The van der Waals surface area contributed by atoms with Gasteiger partial charge in [-0.05, 0) is 49.1 Å². The molecule has 3 aromatic rings. The molecule has 25 heavy (non-hydrogen) atoms. The zero-order valence-corrected chi connectivity index (χ0v) is 15.7. The van der Waals surface area contributed by atoms with E-state index in [9.17, 15) is 0 Å². The van der Waals surface area contributed by atoms with Gasteiger partial charge in [0.1, 0.15) is 12.7 Å². The Balaban J connectivity index is 1.68. The zero-order valence-electron chi connectivity index (χ0n) is 14.1. The van der Waals surface area contributed by atoms with E-state index in [1.54, 1.807) is 5.57 Å². The molecule has 3 heteroatoms. The van der Waals surface area contributed by atoms with E-state index in [0.29, 0.717) is 0 Å². The number of benzene rings is 2. The average molecular weight is 392 g/mol. The minimum Gasteiger partial charge on any atom is -0.225 e. The summed E-state index contributed by atoms with van der Waals surface area (Å²) < 4.78 is 6.13. The van der Waals surface area contributed by atoms with Crippen LogP contribution in [-0.4, -0.2) is 4.57 Å². The third-order valence-corrected chi connectivity index (χ3v) is 5.91. The molecule has 0 spiro atoms. The predicted octanol–water partition coefficient (Wildman–Crippen LogP) is 5.31. The van der Waals surface area contributed by atoms with Crippen LogP contribution in [0.3, 0.4) is 0 Å². The van der Waals surface area contributed by atoms with Crippen molar-refractivity contribution in [2.45, 2.75) is 32.4 Å². The molecule has 2 aliphatic rings. The highest BCUT2D eigenvalue weighted by Gasteiger charge is 2.36. The van der Waals surface area contributed by atoms with Crippen LogP contribution >= 0.6 is 15.9 Å². The van der Waals surface area contributed by atoms with Crippen molar-refractivity contribution in [3.05, 3.63) is 76.7 Å². The summed E-state index contributed by atoms with van der Waals surface area (Å²) >= 11 is 3.55. The van der Waals surface area contributed by atoms with Crippen LogP contribution in [0.1, 0.15) is 30.7 Å². The normalized spacial score (nSPS) is 16.0. The first-order valence-electron chi connectivity index (χ1n) is 8.98. The largest absolute Gasteiger partial charge is 0.285 e. The maximum atomic E-state index is 3.55. The molecule has 3 heterocycles. The first kappa shape index (κ1) is 15.2. The smallest absolute Gasteiger partial charge is 0.225 e. The molecule has 2 aromatic carbocycles.